The Kier molecular flexibility index (Phi) is 5.63. The predicted octanol–water partition coefficient (Wildman–Crippen LogP) is 4.90. The Bertz CT molecular complexity index is 1130. The number of benzene rings is 2. The lowest BCUT2D eigenvalue weighted by Crippen LogP contribution is -2.28. The summed E-state index contributed by atoms with van der Waals surface area (Å²) < 4.78 is 7.35. The summed E-state index contributed by atoms with van der Waals surface area (Å²) >= 11 is 0. The van der Waals surface area contributed by atoms with Gasteiger partial charge in [0.25, 0.3) is 0 Å². The van der Waals surface area contributed by atoms with E-state index in [9.17, 15) is 9.59 Å². The van der Waals surface area contributed by atoms with Gasteiger partial charge in [0, 0.05) is 17.5 Å². The molecule has 6 heteroatoms. The molecule has 0 aliphatic carbocycles. The fraction of sp³-hybridized carbons (Fsp3) is 0.320. The molecule has 1 aliphatic heterocycles. The second-order valence-corrected chi connectivity index (χ2v) is 8.15. The Morgan fingerprint density at radius 3 is 2.45 bits per heavy atom. The first-order valence-corrected chi connectivity index (χ1v) is 10.6. The number of anilines is 1. The van der Waals surface area contributed by atoms with Crippen LogP contribution < -0.4 is 10.1 Å². The lowest BCUT2D eigenvalue weighted by molar-refractivity contribution is -0.116. The van der Waals surface area contributed by atoms with Crippen LogP contribution in [0, 0.1) is 20.8 Å². The number of nitrogens with one attached hydrogen (secondary N) is 1. The molecule has 6 nitrogen and oxygen atoms in total. The fourth-order valence-corrected chi connectivity index (χ4v) is 4.17. The van der Waals surface area contributed by atoms with Crippen LogP contribution in [-0.2, 0) is 4.79 Å². The Hall–Kier alpha value is -3.41. The summed E-state index contributed by atoms with van der Waals surface area (Å²) in [6.07, 6.45) is 1.03. The third kappa shape index (κ3) is 4.10. The zero-order valence-electron chi connectivity index (χ0n) is 18.4. The monoisotopic (exact) mass is 417 g/mol. The number of carbonyl (C=O) groups excluding carboxylic acids is 2. The Balaban J connectivity index is 1.72. The highest BCUT2D eigenvalue weighted by Crippen LogP contribution is 2.38. The number of hydrogen-bond donors (Lipinski definition) is 1. The van der Waals surface area contributed by atoms with Crippen molar-refractivity contribution in [1.29, 1.82) is 0 Å². The summed E-state index contributed by atoms with van der Waals surface area (Å²) in [6, 6.07) is 13.3. The third-order valence-corrected chi connectivity index (χ3v) is 5.48. The van der Waals surface area contributed by atoms with Gasteiger partial charge in [0.15, 0.2) is 5.78 Å². The van der Waals surface area contributed by atoms with Crippen LogP contribution in [0.15, 0.2) is 42.5 Å². The van der Waals surface area contributed by atoms with E-state index in [0.29, 0.717) is 18.0 Å². The SMILES string of the molecule is CCCOc1ccc(C(=O)[C@H]2CC(=O)Nc3c2c(C)nn3-c2cc(C)cc(C)c2)cc1. The molecule has 4 rings (SSSR count). The number of ketones is 1. The van der Waals surface area contributed by atoms with Crippen molar-refractivity contribution in [2.45, 2.75) is 46.5 Å². The van der Waals surface area contributed by atoms with Crippen molar-refractivity contribution in [1.82, 2.24) is 9.78 Å². The van der Waals surface area contributed by atoms with Gasteiger partial charge in [-0.2, -0.15) is 5.10 Å². The summed E-state index contributed by atoms with van der Waals surface area (Å²) in [5, 5.41) is 7.63. The zero-order chi connectivity index (χ0) is 22.1. The van der Waals surface area contributed by atoms with E-state index in [1.807, 2.05) is 39.8 Å². The molecule has 2 aromatic carbocycles. The normalized spacial score (nSPS) is 15.4. The Labute approximate surface area is 182 Å². The zero-order valence-corrected chi connectivity index (χ0v) is 18.4. The average Bonchev–Trinajstić information content (AvgIpc) is 3.07. The van der Waals surface area contributed by atoms with Crippen LogP contribution in [0.5, 0.6) is 5.75 Å². The van der Waals surface area contributed by atoms with E-state index in [4.69, 9.17) is 4.74 Å². The largest absolute Gasteiger partial charge is 0.494 e. The predicted molar refractivity (Wildman–Crippen MR) is 120 cm³/mol. The number of amides is 1. The third-order valence-electron chi connectivity index (χ3n) is 5.48. The van der Waals surface area contributed by atoms with Crippen LogP contribution in [0.25, 0.3) is 5.69 Å². The van der Waals surface area contributed by atoms with Gasteiger partial charge < -0.3 is 10.1 Å². The average molecular weight is 418 g/mol. The highest BCUT2D eigenvalue weighted by atomic mass is 16.5. The van der Waals surface area contributed by atoms with Crippen molar-refractivity contribution in [3.05, 3.63) is 70.4 Å². The number of aromatic nitrogens is 2. The molecule has 31 heavy (non-hydrogen) atoms. The van der Waals surface area contributed by atoms with E-state index < -0.39 is 5.92 Å². The fourth-order valence-electron chi connectivity index (χ4n) is 4.17. The van der Waals surface area contributed by atoms with Gasteiger partial charge in [-0.25, -0.2) is 4.68 Å². The smallest absolute Gasteiger partial charge is 0.226 e. The minimum absolute atomic E-state index is 0.0822. The quantitative estimate of drug-likeness (QED) is 0.579. The second kappa shape index (κ2) is 8.38. The lowest BCUT2D eigenvalue weighted by Gasteiger charge is -2.23. The van der Waals surface area contributed by atoms with Gasteiger partial charge in [-0.05, 0) is 74.7 Å². The molecule has 1 aliphatic rings. The first-order chi connectivity index (χ1) is 14.9. The number of ether oxygens (including phenoxy) is 1. The van der Waals surface area contributed by atoms with E-state index in [2.05, 4.69) is 16.5 Å². The highest BCUT2D eigenvalue weighted by molar-refractivity contribution is 6.08. The van der Waals surface area contributed by atoms with Crippen molar-refractivity contribution >= 4 is 17.5 Å². The first kappa shape index (κ1) is 20.8. The van der Waals surface area contributed by atoms with E-state index in [0.717, 1.165) is 40.2 Å². The van der Waals surface area contributed by atoms with E-state index >= 15 is 0 Å². The topological polar surface area (TPSA) is 73.2 Å². The molecule has 2 heterocycles. The van der Waals surface area contributed by atoms with Gasteiger partial charge in [-0.15, -0.1) is 0 Å². The molecule has 0 saturated carbocycles. The summed E-state index contributed by atoms with van der Waals surface area (Å²) in [7, 11) is 0. The Morgan fingerprint density at radius 2 is 1.81 bits per heavy atom. The summed E-state index contributed by atoms with van der Waals surface area (Å²) in [4.78, 5) is 25.9. The summed E-state index contributed by atoms with van der Waals surface area (Å²) in [5.74, 6) is 0.491. The minimum Gasteiger partial charge on any atom is -0.494 e. The maximum absolute atomic E-state index is 13.4. The first-order valence-electron chi connectivity index (χ1n) is 10.6. The second-order valence-electron chi connectivity index (χ2n) is 8.15. The molecule has 0 bridgehead atoms. The molecular formula is C25H27N3O3. The molecule has 1 amide bonds. The molecule has 160 valence electrons. The maximum Gasteiger partial charge on any atom is 0.226 e. The van der Waals surface area contributed by atoms with Crippen molar-refractivity contribution in [3.8, 4) is 11.4 Å². The van der Waals surface area contributed by atoms with Crippen molar-refractivity contribution in [2.24, 2.45) is 0 Å². The van der Waals surface area contributed by atoms with Crippen LogP contribution in [0.2, 0.25) is 0 Å². The van der Waals surface area contributed by atoms with Crippen LogP contribution >= 0.6 is 0 Å². The number of Topliss-reactive ketones (excluding diaryl/α,β-unsaturated/α-hetero) is 1. The van der Waals surface area contributed by atoms with Crippen LogP contribution in [-0.4, -0.2) is 28.1 Å². The number of nitrogens with zero attached hydrogens (tertiary/aromatic N) is 2. The molecule has 3 aromatic rings. The van der Waals surface area contributed by atoms with Gasteiger partial charge in [-0.1, -0.05) is 13.0 Å². The lowest BCUT2D eigenvalue weighted by atomic mass is 9.85. The van der Waals surface area contributed by atoms with Crippen LogP contribution in [0.4, 0.5) is 5.82 Å². The molecule has 0 spiro atoms. The molecule has 0 unspecified atom stereocenters. The number of hydrogen-bond acceptors (Lipinski definition) is 4. The number of rotatable bonds is 6. The standard InChI is InChI=1S/C25H27N3O3/c1-5-10-31-20-8-6-18(7-9-20)24(30)21-14-22(29)26-25-23(21)17(4)27-28(25)19-12-15(2)11-16(3)13-19/h6-9,11-13,21H,5,10,14H2,1-4H3,(H,26,29)/t21-/m0/s1. The van der Waals surface area contributed by atoms with Gasteiger partial charge in [0.05, 0.1) is 23.9 Å². The molecule has 1 N–H and O–H groups in total. The van der Waals surface area contributed by atoms with E-state index in [1.54, 1.807) is 28.9 Å². The maximum atomic E-state index is 13.4. The van der Waals surface area contributed by atoms with Crippen LogP contribution in [0.3, 0.4) is 0 Å². The van der Waals surface area contributed by atoms with E-state index in [-0.39, 0.29) is 18.1 Å². The molecule has 1 aromatic heterocycles. The van der Waals surface area contributed by atoms with Crippen molar-refractivity contribution < 1.29 is 14.3 Å². The molecular weight excluding hydrogens is 390 g/mol. The number of carbonyl (C=O) groups is 2. The van der Waals surface area contributed by atoms with Crippen molar-refractivity contribution in [2.75, 3.05) is 11.9 Å². The van der Waals surface area contributed by atoms with Gasteiger partial charge in [0.2, 0.25) is 5.91 Å². The minimum atomic E-state index is -0.564. The number of aryl methyl sites for hydroxylation is 3. The van der Waals surface area contributed by atoms with Gasteiger partial charge >= 0.3 is 0 Å². The summed E-state index contributed by atoms with van der Waals surface area (Å²) in [5.41, 5.74) is 5.18. The molecule has 0 fully saturated rings. The number of fused-ring (bicyclic) bond motifs is 1. The van der Waals surface area contributed by atoms with Gasteiger partial charge in [-0.3, -0.25) is 9.59 Å². The van der Waals surface area contributed by atoms with E-state index in [1.165, 1.54) is 0 Å². The van der Waals surface area contributed by atoms with Gasteiger partial charge in [0.1, 0.15) is 11.6 Å². The Morgan fingerprint density at radius 1 is 1.13 bits per heavy atom. The molecule has 0 saturated heterocycles. The molecule has 0 radical (unpaired) electrons. The summed E-state index contributed by atoms with van der Waals surface area (Å²) in [6.45, 7) is 8.62. The van der Waals surface area contributed by atoms with Crippen molar-refractivity contribution in [3.63, 3.8) is 0 Å². The molecule has 1 atom stereocenters. The van der Waals surface area contributed by atoms with Crippen LogP contribution in [0.1, 0.15) is 58.4 Å². The highest BCUT2D eigenvalue weighted by Gasteiger charge is 2.36.